The lowest BCUT2D eigenvalue weighted by Crippen LogP contribution is -2.50. The van der Waals surface area contributed by atoms with Crippen LogP contribution >= 0.6 is 11.6 Å². The van der Waals surface area contributed by atoms with Gasteiger partial charge in [-0.15, -0.1) is 0 Å². The number of rotatable bonds is 8. The molecule has 3 aromatic rings. The average Bonchev–Trinajstić information content (AvgIpc) is 2.84. The first-order valence-corrected chi connectivity index (χ1v) is 13.1. The molecule has 1 heterocycles. The summed E-state index contributed by atoms with van der Waals surface area (Å²) in [6.45, 7) is 3.23. The Morgan fingerprint density at radius 1 is 1.06 bits per heavy atom. The van der Waals surface area contributed by atoms with Crippen LogP contribution in [0.5, 0.6) is 5.75 Å². The molecule has 178 valence electrons. The molecule has 0 aliphatic carbocycles. The normalized spacial score (nSPS) is 14.4. The minimum absolute atomic E-state index is 0.0178. The molecule has 1 aliphatic heterocycles. The van der Waals surface area contributed by atoms with Crippen molar-refractivity contribution in [2.24, 2.45) is 0 Å². The summed E-state index contributed by atoms with van der Waals surface area (Å²) in [5.41, 5.74) is 3.17. The van der Waals surface area contributed by atoms with E-state index >= 15 is 0 Å². The molecule has 1 aliphatic rings. The first kappa shape index (κ1) is 24.3. The molecule has 0 bridgehead atoms. The number of hydrogen-bond donors (Lipinski definition) is 1. The SMILES string of the molecule is CCOc1ccc(S(=O)(=O)N[C@@H](Cc2ccccc2)C(=O)N2CCc3ccccc3C2)cc1Cl. The van der Waals surface area contributed by atoms with Gasteiger partial charge < -0.3 is 9.64 Å². The Hall–Kier alpha value is -2.87. The lowest BCUT2D eigenvalue weighted by molar-refractivity contribution is -0.133. The number of carbonyl (C=O) groups is 1. The molecule has 0 spiro atoms. The predicted octanol–water partition coefficient (Wildman–Crippen LogP) is 4.21. The second kappa shape index (κ2) is 10.6. The number of ether oxygens (including phenoxy) is 1. The van der Waals surface area contributed by atoms with Gasteiger partial charge in [0.15, 0.2) is 0 Å². The number of sulfonamides is 1. The summed E-state index contributed by atoms with van der Waals surface area (Å²) in [5, 5.41) is 0.197. The Kier molecular flexibility index (Phi) is 7.56. The number of amides is 1. The van der Waals surface area contributed by atoms with Crippen LogP contribution in [-0.2, 0) is 34.2 Å². The summed E-state index contributed by atoms with van der Waals surface area (Å²) in [6, 6.07) is 20.7. The van der Waals surface area contributed by atoms with Crippen LogP contribution in [0.15, 0.2) is 77.7 Å². The highest BCUT2D eigenvalue weighted by Gasteiger charge is 2.31. The number of fused-ring (bicyclic) bond motifs is 1. The summed E-state index contributed by atoms with van der Waals surface area (Å²) in [5.74, 6) is 0.158. The molecule has 0 aromatic heterocycles. The maximum Gasteiger partial charge on any atom is 0.241 e. The first-order valence-electron chi connectivity index (χ1n) is 11.2. The van der Waals surface area contributed by atoms with E-state index in [1.165, 1.54) is 23.8 Å². The number of nitrogens with zero attached hydrogens (tertiary/aromatic N) is 1. The first-order chi connectivity index (χ1) is 16.4. The lowest BCUT2D eigenvalue weighted by Gasteiger charge is -2.32. The van der Waals surface area contributed by atoms with E-state index in [-0.39, 0.29) is 22.2 Å². The van der Waals surface area contributed by atoms with Gasteiger partial charge in [-0.25, -0.2) is 8.42 Å². The Labute approximate surface area is 205 Å². The van der Waals surface area contributed by atoms with Crippen LogP contribution in [0.2, 0.25) is 5.02 Å². The van der Waals surface area contributed by atoms with Crippen molar-refractivity contribution in [3.63, 3.8) is 0 Å². The van der Waals surface area contributed by atoms with E-state index in [9.17, 15) is 13.2 Å². The molecule has 0 saturated carbocycles. The molecule has 1 amide bonds. The third-order valence-electron chi connectivity index (χ3n) is 5.83. The molecule has 6 nitrogen and oxygen atoms in total. The molecule has 1 atom stereocenters. The Morgan fingerprint density at radius 2 is 1.76 bits per heavy atom. The number of nitrogens with one attached hydrogen (secondary N) is 1. The molecular weight excluding hydrogens is 472 g/mol. The van der Waals surface area contributed by atoms with Gasteiger partial charge in [0.05, 0.1) is 16.5 Å². The zero-order valence-corrected chi connectivity index (χ0v) is 20.5. The summed E-state index contributed by atoms with van der Waals surface area (Å²) in [7, 11) is -4.02. The van der Waals surface area contributed by atoms with Crippen molar-refractivity contribution >= 4 is 27.5 Å². The minimum Gasteiger partial charge on any atom is -0.492 e. The van der Waals surface area contributed by atoms with Gasteiger partial charge in [0.2, 0.25) is 15.9 Å². The van der Waals surface area contributed by atoms with Crippen molar-refractivity contribution in [1.29, 1.82) is 0 Å². The van der Waals surface area contributed by atoms with Crippen LogP contribution in [0.3, 0.4) is 0 Å². The summed E-state index contributed by atoms with van der Waals surface area (Å²) >= 11 is 6.22. The van der Waals surface area contributed by atoms with Crippen LogP contribution < -0.4 is 9.46 Å². The quantitative estimate of drug-likeness (QED) is 0.504. The Bertz CT molecular complexity index is 1260. The fourth-order valence-electron chi connectivity index (χ4n) is 4.11. The van der Waals surface area contributed by atoms with Crippen molar-refractivity contribution in [2.75, 3.05) is 13.2 Å². The summed E-state index contributed by atoms with van der Waals surface area (Å²) < 4.78 is 34.6. The Balaban J connectivity index is 1.60. The van der Waals surface area contributed by atoms with E-state index in [1.807, 2.05) is 55.5 Å². The van der Waals surface area contributed by atoms with E-state index < -0.39 is 16.1 Å². The maximum absolute atomic E-state index is 13.6. The predicted molar refractivity (Wildman–Crippen MR) is 132 cm³/mol. The molecular formula is C26H27ClN2O4S. The minimum atomic E-state index is -4.02. The lowest BCUT2D eigenvalue weighted by atomic mass is 9.98. The smallest absolute Gasteiger partial charge is 0.241 e. The van der Waals surface area contributed by atoms with E-state index in [1.54, 1.807) is 4.90 Å². The monoisotopic (exact) mass is 498 g/mol. The zero-order chi connectivity index (χ0) is 24.1. The van der Waals surface area contributed by atoms with Gasteiger partial charge >= 0.3 is 0 Å². The third kappa shape index (κ3) is 5.60. The molecule has 3 aromatic carbocycles. The number of halogens is 1. The van der Waals surface area contributed by atoms with Gasteiger partial charge in [0.25, 0.3) is 0 Å². The molecule has 0 radical (unpaired) electrons. The van der Waals surface area contributed by atoms with E-state index in [0.29, 0.717) is 25.4 Å². The van der Waals surface area contributed by atoms with Crippen molar-refractivity contribution < 1.29 is 17.9 Å². The molecule has 0 fully saturated rings. The average molecular weight is 499 g/mol. The van der Waals surface area contributed by atoms with Crippen molar-refractivity contribution in [2.45, 2.75) is 37.2 Å². The second-order valence-corrected chi connectivity index (χ2v) is 10.3. The van der Waals surface area contributed by atoms with E-state index in [0.717, 1.165) is 17.5 Å². The van der Waals surface area contributed by atoms with Gasteiger partial charge in [-0.1, -0.05) is 66.2 Å². The van der Waals surface area contributed by atoms with Gasteiger partial charge in [0.1, 0.15) is 11.8 Å². The van der Waals surface area contributed by atoms with Crippen LogP contribution in [0, 0.1) is 0 Å². The van der Waals surface area contributed by atoms with Crippen LogP contribution in [0.1, 0.15) is 23.6 Å². The fourth-order valence-corrected chi connectivity index (χ4v) is 5.62. The highest BCUT2D eigenvalue weighted by molar-refractivity contribution is 7.89. The van der Waals surface area contributed by atoms with Crippen molar-refractivity contribution in [1.82, 2.24) is 9.62 Å². The maximum atomic E-state index is 13.6. The molecule has 0 unspecified atom stereocenters. The van der Waals surface area contributed by atoms with Crippen molar-refractivity contribution in [3.8, 4) is 5.75 Å². The summed E-state index contributed by atoms with van der Waals surface area (Å²) in [6.07, 6.45) is 0.975. The van der Waals surface area contributed by atoms with Crippen LogP contribution in [-0.4, -0.2) is 38.4 Å². The van der Waals surface area contributed by atoms with E-state index in [4.69, 9.17) is 16.3 Å². The van der Waals surface area contributed by atoms with Crippen molar-refractivity contribution in [3.05, 3.63) is 94.5 Å². The topological polar surface area (TPSA) is 75.7 Å². The van der Waals surface area contributed by atoms with Gasteiger partial charge in [-0.3, -0.25) is 4.79 Å². The van der Waals surface area contributed by atoms with Gasteiger partial charge in [0, 0.05) is 13.1 Å². The molecule has 8 heteroatoms. The fraction of sp³-hybridized carbons (Fsp3) is 0.269. The standard InChI is InChI=1S/C26H27ClN2O4S/c1-2-33-25-13-12-22(17-23(25)27)34(31,32)28-24(16-19-8-4-3-5-9-19)26(30)29-15-14-20-10-6-7-11-21(20)18-29/h3-13,17,24,28H,2,14-16,18H2,1H3/t24-/m0/s1. The molecule has 1 N–H and O–H groups in total. The molecule has 34 heavy (non-hydrogen) atoms. The number of benzene rings is 3. The number of hydrogen-bond acceptors (Lipinski definition) is 4. The largest absolute Gasteiger partial charge is 0.492 e. The van der Waals surface area contributed by atoms with Gasteiger partial charge in [-0.05, 0) is 54.7 Å². The Morgan fingerprint density at radius 3 is 2.47 bits per heavy atom. The van der Waals surface area contributed by atoms with Crippen LogP contribution in [0.4, 0.5) is 0 Å². The summed E-state index contributed by atoms with van der Waals surface area (Å²) in [4.78, 5) is 15.3. The van der Waals surface area contributed by atoms with Gasteiger partial charge in [-0.2, -0.15) is 4.72 Å². The zero-order valence-electron chi connectivity index (χ0n) is 18.9. The number of carbonyl (C=O) groups excluding carboxylic acids is 1. The highest BCUT2D eigenvalue weighted by Crippen LogP contribution is 2.28. The van der Waals surface area contributed by atoms with E-state index in [2.05, 4.69) is 10.8 Å². The second-order valence-electron chi connectivity index (χ2n) is 8.17. The third-order valence-corrected chi connectivity index (χ3v) is 7.60. The highest BCUT2D eigenvalue weighted by atomic mass is 35.5. The molecule has 4 rings (SSSR count). The van der Waals surface area contributed by atoms with Crippen LogP contribution in [0.25, 0.3) is 0 Å². The molecule has 0 saturated heterocycles.